The smallest absolute Gasteiger partial charge is 0.252 e. The third-order valence-electron chi connectivity index (χ3n) is 2.94. The zero-order chi connectivity index (χ0) is 15.1. The summed E-state index contributed by atoms with van der Waals surface area (Å²) in [6.07, 6.45) is 0.240. The molecule has 0 aliphatic carbocycles. The van der Waals surface area contributed by atoms with E-state index in [1.165, 1.54) is 18.2 Å². The Hall–Kier alpha value is -1.75. The summed E-state index contributed by atoms with van der Waals surface area (Å²) in [5.41, 5.74) is 0.196. The lowest BCUT2D eigenvalue weighted by Gasteiger charge is -2.18. The van der Waals surface area contributed by atoms with Crippen molar-refractivity contribution in [2.45, 2.75) is 20.3 Å². The van der Waals surface area contributed by atoms with Gasteiger partial charge in [-0.05, 0) is 32.0 Å². The first-order valence-electron chi connectivity index (χ1n) is 6.54. The number of nitrogens with zero attached hydrogens (tertiary/aromatic N) is 1. The molecule has 6 heteroatoms. The molecule has 5 nitrogen and oxygen atoms in total. The first-order valence-corrected chi connectivity index (χ1v) is 6.91. The number of carbonyl (C=O) groups excluding carboxylic acids is 2. The first kappa shape index (κ1) is 16.3. The van der Waals surface area contributed by atoms with Gasteiger partial charge in [-0.25, -0.2) is 0 Å². The molecule has 0 fully saturated rings. The third kappa shape index (κ3) is 4.42. The summed E-state index contributed by atoms with van der Waals surface area (Å²) >= 11 is 5.88. The highest BCUT2D eigenvalue weighted by Gasteiger charge is 2.13. The summed E-state index contributed by atoms with van der Waals surface area (Å²) < 4.78 is 0. The normalized spacial score (nSPS) is 10.2. The molecule has 110 valence electrons. The molecule has 0 unspecified atom stereocenters. The number of phenolic OH excluding ortho intramolecular Hbond substituents is 1. The highest BCUT2D eigenvalue weighted by molar-refractivity contribution is 6.33. The fourth-order valence-electron chi connectivity index (χ4n) is 1.80. The van der Waals surface area contributed by atoms with Crippen molar-refractivity contribution in [2.75, 3.05) is 19.6 Å². The van der Waals surface area contributed by atoms with Crippen LogP contribution in [0.15, 0.2) is 18.2 Å². The van der Waals surface area contributed by atoms with E-state index in [1.807, 2.05) is 13.8 Å². The Balaban J connectivity index is 2.52. The number of aromatic hydroxyl groups is 1. The van der Waals surface area contributed by atoms with Gasteiger partial charge in [0.05, 0.1) is 10.6 Å². The number of halogens is 1. The fraction of sp³-hybridized carbons (Fsp3) is 0.429. The highest BCUT2D eigenvalue weighted by atomic mass is 35.5. The van der Waals surface area contributed by atoms with Gasteiger partial charge in [0.2, 0.25) is 5.91 Å². The van der Waals surface area contributed by atoms with Crippen LogP contribution in [-0.4, -0.2) is 41.5 Å². The van der Waals surface area contributed by atoms with Crippen molar-refractivity contribution in [1.82, 2.24) is 10.2 Å². The van der Waals surface area contributed by atoms with Gasteiger partial charge in [0.25, 0.3) is 5.91 Å². The average Bonchev–Trinajstić information content (AvgIpc) is 2.42. The van der Waals surface area contributed by atoms with E-state index in [2.05, 4.69) is 5.32 Å². The minimum atomic E-state index is -0.404. The van der Waals surface area contributed by atoms with E-state index in [-0.39, 0.29) is 35.2 Å². The Morgan fingerprint density at radius 1 is 1.30 bits per heavy atom. The van der Waals surface area contributed by atoms with E-state index in [0.717, 1.165) is 0 Å². The van der Waals surface area contributed by atoms with Crippen molar-refractivity contribution in [2.24, 2.45) is 0 Å². The molecule has 0 aromatic heterocycles. The molecule has 2 amide bonds. The first-order chi connectivity index (χ1) is 9.49. The molecular formula is C14H19ClN2O3. The van der Waals surface area contributed by atoms with E-state index in [9.17, 15) is 14.7 Å². The van der Waals surface area contributed by atoms with E-state index in [4.69, 9.17) is 11.6 Å². The maximum atomic E-state index is 11.9. The summed E-state index contributed by atoms with van der Waals surface area (Å²) in [6, 6.07) is 4.15. The zero-order valence-electron chi connectivity index (χ0n) is 11.6. The maximum absolute atomic E-state index is 11.9. The second-order valence-corrected chi connectivity index (χ2v) is 4.64. The van der Waals surface area contributed by atoms with Crippen LogP contribution in [0.25, 0.3) is 0 Å². The van der Waals surface area contributed by atoms with E-state index in [1.54, 1.807) is 4.90 Å². The zero-order valence-corrected chi connectivity index (χ0v) is 12.4. The van der Waals surface area contributed by atoms with Gasteiger partial charge in [-0.15, -0.1) is 0 Å². The van der Waals surface area contributed by atoms with Gasteiger partial charge in [-0.1, -0.05) is 11.6 Å². The lowest BCUT2D eigenvalue weighted by atomic mass is 10.2. The number of hydrogen-bond donors (Lipinski definition) is 2. The minimum Gasteiger partial charge on any atom is -0.508 e. The molecule has 1 rings (SSSR count). The van der Waals surface area contributed by atoms with Crippen LogP contribution in [-0.2, 0) is 4.79 Å². The van der Waals surface area contributed by atoms with Crippen molar-refractivity contribution < 1.29 is 14.7 Å². The number of carbonyl (C=O) groups is 2. The molecule has 0 aliphatic rings. The van der Waals surface area contributed by atoms with Crippen molar-refractivity contribution in [3.8, 4) is 5.75 Å². The van der Waals surface area contributed by atoms with Gasteiger partial charge in [-0.3, -0.25) is 9.59 Å². The van der Waals surface area contributed by atoms with Crippen LogP contribution in [0, 0.1) is 0 Å². The molecule has 0 atom stereocenters. The van der Waals surface area contributed by atoms with Crippen LogP contribution in [0.3, 0.4) is 0 Å². The lowest BCUT2D eigenvalue weighted by Crippen LogP contribution is -2.34. The van der Waals surface area contributed by atoms with Gasteiger partial charge in [-0.2, -0.15) is 0 Å². The van der Waals surface area contributed by atoms with Gasteiger partial charge >= 0.3 is 0 Å². The molecule has 20 heavy (non-hydrogen) atoms. The second-order valence-electron chi connectivity index (χ2n) is 4.24. The van der Waals surface area contributed by atoms with E-state index < -0.39 is 5.91 Å². The summed E-state index contributed by atoms with van der Waals surface area (Å²) in [6.45, 7) is 5.36. The summed E-state index contributed by atoms with van der Waals surface area (Å²) in [5, 5.41) is 12.2. The predicted molar refractivity (Wildman–Crippen MR) is 78.0 cm³/mol. The standard InChI is InChI=1S/C14H19ClN2O3/c1-3-17(4-2)13(19)7-8-16-14(20)11-9-10(18)5-6-12(11)15/h5-6,9,18H,3-4,7-8H2,1-2H3,(H,16,20). The molecule has 1 aromatic carbocycles. The Morgan fingerprint density at radius 3 is 2.55 bits per heavy atom. The molecule has 0 radical (unpaired) electrons. The van der Waals surface area contributed by atoms with Crippen LogP contribution in [0.1, 0.15) is 30.6 Å². The van der Waals surface area contributed by atoms with Gasteiger partial charge < -0.3 is 15.3 Å². The number of hydrogen-bond acceptors (Lipinski definition) is 3. The number of phenols is 1. The molecule has 0 heterocycles. The summed E-state index contributed by atoms with van der Waals surface area (Å²) in [7, 11) is 0. The number of rotatable bonds is 6. The van der Waals surface area contributed by atoms with Gasteiger partial charge in [0.1, 0.15) is 5.75 Å². The fourth-order valence-corrected chi connectivity index (χ4v) is 2.00. The predicted octanol–water partition coefficient (Wildman–Crippen LogP) is 2.03. The summed E-state index contributed by atoms with van der Waals surface area (Å²) in [4.78, 5) is 25.3. The molecule has 0 spiro atoms. The quantitative estimate of drug-likeness (QED) is 0.844. The molecule has 0 bridgehead atoms. The van der Waals surface area contributed by atoms with E-state index >= 15 is 0 Å². The number of nitrogens with one attached hydrogen (secondary N) is 1. The topological polar surface area (TPSA) is 69.6 Å². The minimum absolute atomic E-state index is 0.00249. The Bertz CT molecular complexity index is 487. The van der Waals surface area contributed by atoms with Crippen LogP contribution < -0.4 is 5.32 Å². The average molecular weight is 299 g/mol. The van der Waals surface area contributed by atoms with Crippen molar-refractivity contribution in [1.29, 1.82) is 0 Å². The monoisotopic (exact) mass is 298 g/mol. The molecule has 2 N–H and O–H groups in total. The molecular weight excluding hydrogens is 280 g/mol. The Morgan fingerprint density at radius 2 is 1.95 bits per heavy atom. The summed E-state index contributed by atoms with van der Waals surface area (Å²) in [5.74, 6) is -0.436. The second kappa shape index (κ2) is 7.75. The molecule has 0 saturated carbocycles. The number of amides is 2. The van der Waals surface area contributed by atoms with Crippen LogP contribution in [0.5, 0.6) is 5.75 Å². The highest BCUT2D eigenvalue weighted by Crippen LogP contribution is 2.20. The van der Waals surface area contributed by atoms with Crippen molar-refractivity contribution in [3.63, 3.8) is 0 Å². The molecule has 0 aliphatic heterocycles. The van der Waals surface area contributed by atoms with E-state index in [0.29, 0.717) is 13.1 Å². The van der Waals surface area contributed by atoms with Crippen LogP contribution in [0.2, 0.25) is 5.02 Å². The SMILES string of the molecule is CCN(CC)C(=O)CCNC(=O)c1cc(O)ccc1Cl. The third-order valence-corrected chi connectivity index (χ3v) is 3.26. The Kier molecular flexibility index (Phi) is 6.31. The molecule has 1 aromatic rings. The van der Waals surface area contributed by atoms with Gasteiger partial charge in [0, 0.05) is 26.1 Å². The van der Waals surface area contributed by atoms with Gasteiger partial charge in [0.15, 0.2) is 0 Å². The number of benzene rings is 1. The lowest BCUT2D eigenvalue weighted by molar-refractivity contribution is -0.130. The van der Waals surface area contributed by atoms with Crippen LogP contribution in [0.4, 0.5) is 0 Å². The van der Waals surface area contributed by atoms with Crippen LogP contribution >= 0.6 is 11.6 Å². The largest absolute Gasteiger partial charge is 0.508 e. The van der Waals surface area contributed by atoms with Crippen molar-refractivity contribution in [3.05, 3.63) is 28.8 Å². The van der Waals surface area contributed by atoms with Crippen molar-refractivity contribution >= 4 is 23.4 Å². The maximum Gasteiger partial charge on any atom is 0.252 e. The Labute approximate surface area is 123 Å². The molecule has 0 saturated heterocycles.